The number of amides is 1. The predicted octanol–water partition coefficient (Wildman–Crippen LogP) is 1.16. The molecule has 1 amide bonds. The van der Waals surface area contributed by atoms with Crippen LogP contribution in [-0.4, -0.2) is 27.6 Å². The number of carbonyl (C=O) groups excluding carboxylic acids is 1. The SMILES string of the molecule is CCC(NC(=O)C(C)(C)Cn1cc(C)ccc1=O)C(=O)O. The van der Waals surface area contributed by atoms with Gasteiger partial charge in [0.05, 0.1) is 5.41 Å². The number of hydrogen-bond acceptors (Lipinski definition) is 3. The summed E-state index contributed by atoms with van der Waals surface area (Å²) in [7, 11) is 0. The Morgan fingerprint density at radius 1 is 1.38 bits per heavy atom. The lowest BCUT2D eigenvalue weighted by atomic mass is 9.91. The van der Waals surface area contributed by atoms with Gasteiger partial charge in [0.2, 0.25) is 5.91 Å². The van der Waals surface area contributed by atoms with E-state index < -0.39 is 17.4 Å². The Bertz CT molecular complexity index is 590. The van der Waals surface area contributed by atoms with Crippen molar-refractivity contribution in [3.05, 3.63) is 34.2 Å². The molecule has 1 aromatic heterocycles. The molecule has 1 heterocycles. The first-order valence-corrected chi connectivity index (χ1v) is 6.88. The van der Waals surface area contributed by atoms with E-state index in [1.165, 1.54) is 10.6 Å². The summed E-state index contributed by atoms with van der Waals surface area (Å²) in [6, 6.07) is 2.25. The van der Waals surface area contributed by atoms with Crippen LogP contribution in [0.25, 0.3) is 0 Å². The van der Waals surface area contributed by atoms with E-state index in [4.69, 9.17) is 5.11 Å². The van der Waals surface area contributed by atoms with Crippen LogP contribution < -0.4 is 10.9 Å². The van der Waals surface area contributed by atoms with Gasteiger partial charge < -0.3 is 15.0 Å². The fourth-order valence-corrected chi connectivity index (χ4v) is 1.96. The third kappa shape index (κ3) is 4.44. The minimum absolute atomic E-state index is 0.188. The summed E-state index contributed by atoms with van der Waals surface area (Å²) in [6.07, 6.45) is 1.99. The third-order valence-electron chi connectivity index (χ3n) is 3.32. The molecular formula is C15H22N2O4. The molecule has 1 rings (SSSR count). The molecule has 0 saturated carbocycles. The second-order valence-corrected chi connectivity index (χ2v) is 5.83. The van der Waals surface area contributed by atoms with Gasteiger partial charge >= 0.3 is 5.97 Å². The van der Waals surface area contributed by atoms with Crippen molar-refractivity contribution in [2.75, 3.05) is 0 Å². The molecule has 1 atom stereocenters. The maximum atomic E-state index is 12.2. The maximum absolute atomic E-state index is 12.2. The van der Waals surface area contributed by atoms with E-state index in [9.17, 15) is 14.4 Å². The molecule has 1 aromatic rings. The van der Waals surface area contributed by atoms with Gasteiger partial charge in [-0.25, -0.2) is 4.79 Å². The number of carboxylic acids is 1. The van der Waals surface area contributed by atoms with Gasteiger partial charge in [-0.05, 0) is 32.8 Å². The first kappa shape index (κ1) is 16.9. The molecule has 0 aromatic carbocycles. The lowest BCUT2D eigenvalue weighted by molar-refractivity contribution is -0.143. The van der Waals surface area contributed by atoms with E-state index >= 15 is 0 Å². The summed E-state index contributed by atoms with van der Waals surface area (Å²) in [4.78, 5) is 35.0. The summed E-state index contributed by atoms with van der Waals surface area (Å²) >= 11 is 0. The molecule has 6 nitrogen and oxygen atoms in total. The molecule has 116 valence electrons. The molecule has 0 aliphatic carbocycles. The number of carbonyl (C=O) groups is 2. The Labute approximate surface area is 123 Å². The molecule has 0 spiro atoms. The number of aliphatic carboxylic acids is 1. The molecule has 0 radical (unpaired) electrons. The fraction of sp³-hybridized carbons (Fsp3) is 0.533. The average Bonchev–Trinajstić information content (AvgIpc) is 2.39. The highest BCUT2D eigenvalue weighted by atomic mass is 16.4. The van der Waals surface area contributed by atoms with Gasteiger partial charge in [-0.1, -0.05) is 13.0 Å². The Hall–Kier alpha value is -2.11. The number of nitrogens with zero attached hydrogens (tertiary/aromatic N) is 1. The molecule has 0 bridgehead atoms. The number of aromatic nitrogens is 1. The van der Waals surface area contributed by atoms with Crippen LogP contribution in [0.4, 0.5) is 0 Å². The minimum Gasteiger partial charge on any atom is -0.480 e. The number of hydrogen-bond donors (Lipinski definition) is 2. The van der Waals surface area contributed by atoms with Crippen LogP contribution in [0.3, 0.4) is 0 Å². The average molecular weight is 294 g/mol. The highest BCUT2D eigenvalue weighted by molar-refractivity contribution is 5.86. The number of aryl methyl sites for hydroxylation is 1. The fourth-order valence-electron chi connectivity index (χ4n) is 1.96. The van der Waals surface area contributed by atoms with Crippen LogP contribution >= 0.6 is 0 Å². The molecule has 0 aliphatic heterocycles. The van der Waals surface area contributed by atoms with Gasteiger partial charge in [0.25, 0.3) is 5.56 Å². The standard InChI is InChI=1S/C15H22N2O4/c1-5-11(13(19)20)16-14(21)15(3,4)9-17-8-10(2)6-7-12(17)18/h6-8,11H,5,9H2,1-4H3,(H,16,21)(H,19,20). The van der Waals surface area contributed by atoms with Crippen LogP contribution in [0.5, 0.6) is 0 Å². The van der Waals surface area contributed by atoms with Crippen molar-refractivity contribution in [1.29, 1.82) is 0 Å². The van der Waals surface area contributed by atoms with Crippen molar-refractivity contribution in [3.63, 3.8) is 0 Å². The van der Waals surface area contributed by atoms with Gasteiger partial charge in [0.15, 0.2) is 0 Å². The Morgan fingerprint density at radius 3 is 2.52 bits per heavy atom. The lowest BCUT2D eigenvalue weighted by Gasteiger charge is -2.26. The molecule has 0 fully saturated rings. The quantitative estimate of drug-likeness (QED) is 0.824. The van der Waals surface area contributed by atoms with E-state index in [0.717, 1.165) is 5.56 Å². The highest BCUT2D eigenvalue weighted by Gasteiger charge is 2.31. The molecular weight excluding hydrogens is 272 g/mol. The van der Waals surface area contributed by atoms with Crippen LogP contribution in [0, 0.1) is 12.3 Å². The van der Waals surface area contributed by atoms with Gasteiger partial charge in [-0.3, -0.25) is 9.59 Å². The van der Waals surface area contributed by atoms with Gasteiger partial charge in [0.1, 0.15) is 6.04 Å². The van der Waals surface area contributed by atoms with Gasteiger partial charge in [-0.15, -0.1) is 0 Å². The molecule has 0 saturated heterocycles. The Morgan fingerprint density at radius 2 is 2.00 bits per heavy atom. The minimum atomic E-state index is -1.06. The number of nitrogens with one attached hydrogen (secondary N) is 1. The summed E-state index contributed by atoms with van der Waals surface area (Å²) in [5.74, 6) is -1.44. The van der Waals surface area contributed by atoms with Crippen LogP contribution in [-0.2, 0) is 16.1 Å². The van der Waals surface area contributed by atoms with Gasteiger partial charge in [-0.2, -0.15) is 0 Å². The van der Waals surface area contributed by atoms with E-state index in [1.807, 2.05) is 6.92 Å². The highest BCUT2D eigenvalue weighted by Crippen LogP contribution is 2.18. The predicted molar refractivity (Wildman–Crippen MR) is 79.1 cm³/mol. The van der Waals surface area contributed by atoms with Crippen LogP contribution in [0.2, 0.25) is 0 Å². The largest absolute Gasteiger partial charge is 0.480 e. The van der Waals surface area contributed by atoms with Crippen molar-refractivity contribution in [2.24, 2.45) is 5.41 Å². The maximum Gasteiger partial charge on any atom is 0.326 e. The Balaban J connectivity index is 2.90. The summed E-state index contributed by atoms with van der Waals surface area (Å²) in [5.41, 5.74) is -0.157. The summed E-state index contributed by atoms with van der Waals surface area (Å²) in [5, 5.41) is 11.5. The van der Waals surface area contributed by atoms with E-state index in [0.29, 0.717) is 6.42 Å². The normalized spacial score (nSPS) is 12.8. The lowest BCUT2D eigenvalue weighted by Crippen LogP contribution is -2.48. The zero-order chi connectivity index (χ0) is 16.2. The van der Waals surface area contributed by atoms with E-state index in [1.54, 1.807) is 33.0 Å². The zero-order valence-corrected chi connectivity index (χ0v) is 12.8. The summed E-state index contributed by atoms with van der Waals surface area (Å²) in [6.45, 7) is 7.12. The van der Waals surface area contributed by atoms with Crippen molar-refractivity contribution < 1.29 is 14.7 Å². The molecule has 6 heteroatoms. The number of rotatable bonds is 6. The van der Waals surface area contributed by atoms with Crippen molar-refractivity contribution in [3.8, 4) is 0 Å². The first-order chi connectivity index (χ1) is 9.67. The summed E-state index contributed by atoms with van der Waals surface area (Å²) < 4.78 is 1.47. The van der Waals surface area contributed by atoms with Crippen molar-refractivity contribution in [1.82, 2.24) is 9.88 Å². The van der Waals surface area contributed by atoms with Gasteiger partial charge in [0, 0.05) is 18.8 Å². The monoisotopic (exact) mass is 294 g/mol. The Kier molecular flexibility index (Phi) is 5.29. The molecule has 0 aliphatic rings. The van der Waals surface area contributed by atoms with Crippen LogP contribution in [0.15, 0.2) is 23.1 Å². The second kappa shape index (κ2) is 6.56. The topological polar surface area (TPSA) is 88.4 Å². The van der Waals surface area contributed by atoms with Crippen LogP contribution in [0.1, 0.15) is 32.8 Å². The third-order valence-corrected chi connectivity index (χ3v) is 3.32. The second-order valence-electron chi connectivity index (χ2n) is 5.83. The zero-order valence-electron chi connectivity index (χ0n) is 12.8. The van der Waals surface area contributed by atoms with Crippen molar-refractivity contribution in [2.45, 2.75) is 46.7 Å². The number of pyridine rings is 1. The molecule has 21 heavy (non-hydrogen) atoms. The molecule has 2 N–H and O–H groups in total. The van der Waals surface area contributed by atoms with E-state index in [2.05, 4.69) is 5.32 Å². The van der Waals surface area contributed by atoms with E-state index in [-0.39, 0.29) is 18.0 Å². The number of carboxylic acid groups (broad SMARTS) is 1. The smallest absolute Gasteiger partial charge is 0.326 e. The molecule has 1 unspecified atom stereocenters. The van der Waals surface area contributed by atoms with Crippen molar-refractivity contribution >= 4 is 11.9 Å². The first-order valence-electron chi connectivity index (χ1n) is 6.88.